The number of carbonyl (C=O) groups is 1. The molecule has 1 aromatic heterocycles. The molecule has 1 heterocycles. The van der Waals surface area contributed by atoms with Crippen molar-refractivity contribution in [1.82, 2.24) is 4.57 Å². The van der Waals surface area contributed by atoms with E-state index >= 15 is 0 Å². The lowest BCUT2D eigenvalue weighted by Gasteiger charge is -2.03. The van der Waals surface area contributed by atoms with Gasteiger partial charge in [0.15, 0.2) is 5.78 Å². The van der Waals surface area contributed by atoms with Crippen molar-refractivity contribution < 1.29 is 9.53 Å². The van der Waals surface area contributed by atoms with Crippen LogP contribution in [0.1, 0.15) is 28.3 Å². The monoisotopic (exact) mass is 383 g/mol. The van der Waals surface area contributed by atoms with E-state index in [4.69, 9.17) is 4.74 Å². The molecule has 0 bridgehead atoms. The summed E-state index contributed by atoms with van der Waals surface area (Å²) >= 11 is 3.55. The van der Waals surface area contributed by atoms with Crippen molar-refractivity contribution in [2.24, 2.45) is 13.0 Å². The zero-order valence-corrected chi connectivity index (χ0v) is 15.2. The molecule has 24 heavy (non-hydrogen) atoms. The minimum Gasteiger partial charge on any atom is -0.497 e. The largest absolute Gasteiger partial charge is 0.497 e. The Balaban J connectivity index is 1.62. The highest BCUT2D eigenvalue weighted by molar-refractivity contribution is 9.10. The third-order valence-electron chi connectivity index (χ3n) is 4.88. The first-order valence-corrected chi connectivity index (χ1v) is 8.80. The van der Waals surface area contributed by atoms with Crippen LogP contribution in [0.2, 0.25) is 0 Å². The van der Waals surface area contributed by atoms with Crippen molar-refractivity contribution in [2.75, 3.05) is 7.11 Å². The quantitative estimate of drug-likeness (QED) is 0.597. The van der Waals surface area contributed by atoms with Crippen LogP contribution in [-0.2, 0) is 7.05 Å². The molecule has 0 aliphatic heterocycles. The number of benzene rings is 2. The average molecular weight is 384 g/mol. The van der Waals surface area contributed by atoms with E-state index in [1.54, 1.807) is 7.11 Å². The summed E-state index contributed by atoms with van der Waals surface area (Å²) in [7, 11) is 3.69. The van der Waals surface area contributed by atoms with Gasteiger partial charge in [-0.2, -0.15) is 0 Å². The fourth-order valence-corrected chi connectivity index (χ4v) is 3.85. The summed E-state index contributed by atoms with van der Waals surface area (Å²) in [4.78, 5) is 12.7. The molecule has 1 aliphatic rings. The lowest BCUT2D eigenvalue weighted by Crippen LogP contribution is -2.03. The smallest absolute Gasteiger partial charge is 0.166 e. The molecule has 0 amide bonds. The van der Waals surface area contributed by atoms with Gasteiger partial charge in [-0.15, -0.1) is 0 Å². The van der Waals surface area contributed by atoms with E-state index in [2.05, 4.69) is 51.9 Å². The Kier molecular flexibility index (Phi) is 3.72. The molecule has 122 valence electrons. The van der Waals surface area contributed by atoms with Gasteiger partial charge in [-0.3, -0.25) is 4.79 Å². The van der Waals surface area contributed by atoms with Crippen LogP contribution in [0.4, 0.5) is 0 Å². The topological polar surface area (TPSA) is 31.2 Å². The highest BCUT2D eigenvalue weighted by Gasteiger charge is 2.45. The lowest BCUT2D eigenvalue weighted by atomic mass is 10.0. The molecular weight excluding hydrogens is 366 g/mol. The van der Waals surface area contributed by atoms with E-state index in [-0.39, 0.29) is 11.7 Å². The van der Waals surface area contributed by atoms with Crippen molar-refractivity contribution in [3.8, 4) is 5.75 Å². The Labute approximate surface area is 149 Å². The van der Waals surface area contributed by atoms with Gasteiger partial charge in [0.1, 0.15) is 5.75 Å². The zero-order valence-electron chi connectivity index (χ0n) is 13.6. The molecule has 2 aromatic carbocycles. The minimum atomic E-state index is 0.0861. The molecule has 0 spiro atoms. The van der Waals surface area contributed by atoms with Crippen LogP contribution in [0.5, 0.6) is 5.75 Å². The van der Waals surface area contributed by atoms with Crippen molar-refractivity contribution in [2.45, 2.75) is 12.3 Å². The Morgan fingerprint density at radius 1 is 1.21 bits per heavy atom. The van der Waals surface area contributed by atoms with Crippen molar-refractivity contribution in [3.63, 3.8) is 0 Å². The molecule has 4 heteroatoms. The number of carbonyl (C=O) groups excluding carboxylic acids is 1. The number of ether oxygens (including phenoxy) is 1. The standard InChI is InChI=1S/C20H18BrNO2/c1-22-11-18(16-9-13(21)5-8-19(16)22)15-10-17(15)20(23)12-3-6-14(24-2)7-4-12/h3-9,11,15,17H,10H2,1-2H3. The number of aromatic nitrogens is 1. The fraction of sp³-hybridized carbons (Fsp3) is 0.250. The Morgan fingerprint density at radius 2 is 1.96 bits per heavy atom. The van der Waals surface area contributed by atoms with E-state index in [9.17, 15) is 4.79 Å². The second-order valence-corrected chi connectivity index (χ2v) is 7.31. The summed E-state index contributed by atoms with van der Waals surface area (Å²) in [5, 5.41) is 1.24. The van der Waals surface area contributed by atoms with Gasteiger partial charge in [0.2, 0.25) is 0 Å². The number of fused-ring (bicyclic) bond motifs is 1. The number of methoxy groups -OCH3 is 1. The SMILES string of the molecule is COc1ccc(C(=O)C2CC2c2cn(C)c3ccc(Br)cc23)cc1. The lowest BCUT2D eigenvalue weighted by molar-refractivity contribution is 0.0965. The predicted molar refractivity (Wildman–Crippen MR) is 98.8 cm³/mol. The van der Waals surface area contributed by atoms with Gasteiger partial charge in [-0.25, -0.2) is 0 Å². The number of hydrogen-bond acceptors (Lipinski definition) is 2. The van der Waals surface area contributed by atoms with Crippen LogP contribution in [0.25, 0.3) is 10.9 Å². The summed E-state index contributed by atoms with van der Waals surface area (Å²) in [5.41, 5.74) is 3.25. The zero-order chi connectivity index (χ0) is 16.8. The number of ketones is 1. The van der Waals surface area contributed by atoms with Gasteiger partial charge >= 0.3 is 0 Å². The maximum atomic E-state index is 12.7. The Hall–Kier alpha value is -2.07. The summed E-state index contributed by atoms with van der Waals surface area (Å²) in [6, 6.07) is 13.7. The van der Waals surface area contributed by atoms with E-state index in [0.717, 1.165) is 22.2 Å². The molecule has 1 aliphatic carbocycles. The van der Waals surface area contributed by atoms with E-state index < -0.39 is 0 Å². The number of nitrogens with zero attached hydrogens (tertiary/aromatic N) is 1. The number of rotatable bonds is 4. The first kappa shape index (κ1) is 15.5. The third-order valence-corrected chi connectivity index (χ3v) is 5.38. The van der Waals surface area contributed by atoms with Gasteiger partial charge < -0.3 is 9.30 Å². The number of halogens is 1. The maximum Gasteiger partial charge on any atom is 0.166 e. The number of hydrogen-bond donors (Lipinski definition) is 0. The average Bonchev–Trinajstić information content (AvgIpc) is 3.33. The van der Waals surface area contributed by atoms with E-state index in [1.807, 2.05) is 24.3 Å². The second-order valence-electron chi connectivity index (χ2n) is 6.40. The Morgan fingerprint density at radius 3 is 2.67 bits per heavy atom. The number of aryl methyl sites for hydroxylation is 1. The Bertz CT molecular complexity index is 927. The molecule has 0 saturated heterocycles. The highest BCUT2D eigenvalue weighted by Crippen LogP contribution is 2.51. The van der Waals surface area contributed by atoms with Gasteiger partial charge in [0.25, 0.3) is 0 Å². The fourth-order valence-electron chi connectivity index (χ4n) is 3.49. The normalized spacial score (nSPS) is 19.5. The van der Waals surface area contributed by atoms with Crippen molar-refractivity contribution in [1.29, 1.82) is 0 Å². The van der Waals surface area contributed by atoms with Crippen LogP contribution >= 0.6 is 15.9 Å². The molecule has 2 atom stereocenters. The summed E-state index contributed by atoms with van der Waals surface area (Å²) in [6.45, 7) is 0. The van der Waals surface area contributed by atoms with Crippen LogP contribution < -0.4 is 4.74 Å². The molecule has 0 N–H and O–H groups in total. The summed E-state index contributed by atoms with van der Waals surface area (Å²) < 4.78 is 8.37. The van der Waals surface area contributed by atoms with Crippen molar-refractivity contribution >= 4 is 32.6 Å². The molecule has 3 nitrogen and oxygen atoms in total. The van der Waals surface area contributed by atoms with Crippen LogP contribution in [0.15, 0.2) is 53.1 Å². The van der Waals surface area contributed by atoms with Gasteiger partial charge in [0.05, 0.1) is 7.11 Å². The third kappa shape index (κ3) is 2.55. The highest BCUT2D eigenvalue weighted by atomic mass is 79.9. The first-order chi connectivity index (χ1) is 11.6. The maximum absolute atomic E-state index is 12.7. The molecule has 1 saturated carbocycles. The molecule has 1 fully saturated rings. The molecule has 4 rings (SSSR count). The molecule has 2 unspecified atom stereocenters. The van der Waals surface area contributed by atoms with E-state index in [0.29, 0.717) is 5.92 Å². The molecule has 3 aromatic rings. The van der Waals surface area contributed by atoms with Gasteiger partial charge in [-0.05, 0) is 60.4 Å². The number of Topliss-reactive ketones (excluding diaryl/α,β-unsaturated/α-hetero) is 1. The summed E-state index contributed by atoms with van der Waals surface area (Å²) in [6.07, 6.45) is 3.10. The molecule has 0 radical (unpaired) electrons. The van der Waals surface area contributed by atoms with E-state index in [1.165, 1.54) is 16.5 Å². The second kappa shape index (κ2) is 5.78. The van der Waals surface area contributed by atoms with Crippen molar-refractivity contribution in [3.05, 3.63) is 64.3 Å². The first-order valence-electron chi connectivity index (χ1n) is 8.01. The van der Waals surface area contributed by atoms with Crippen LogP contribution in [-0.4, -0.2) is 17.5 Å². The molecular formula is C20H18BrNO2. The minimum absolute atomic E-state index is 0.0861. The van der Waals surface area contributed by atoms with Gasteiger partial charge in [-0.1, -0.05) is 15.9 Å². The van der Waals surface area contributed by atoms with Crippen LogP contribution in [0.3, 0.4) is 0 Å². The predicted octanol–water partition coefficient (Wildman–Crippen LogP) is 4.94. The van der Waals surface area contributed by atoms with Crippen LogP contribution in [0, 0.1) is 5.92 Å². The van der Waals surface area contributed by atoms with Gasteiger partial charge in [0, 0.05) is 40.1 Å². The summed E-state index contributed by atoms with van der Waals surface area (Å²) in [5.74, 6) is 1.41.